The number of methoxy groups -OCH3 is 1. The molecule has 2 aromatic carbocycles. The van der Waals surface area contributed by atoms with Crippen LogP contribution in [0.25, 0.3) is 0 Å². The lowest BCUT2D eigenvalue weighted by molar-refractivity contribution is 0.0961. The number of aryl methyl sites for hydroxylation is 1. The summed E-state index contributed by atoms with van der Waals surface area (Å²) in [5, 5.41) is 3.23. The summed E-state index contributed by atoms with van der Waals surface area (Å²) in [4.78, 5) is 22.0. The smallest absolute Gasteiger partial charge is 0.227 e. The van der Waals surface area contributed by atoms with Gasteiger partial charge in [-0.1, -0.05) is 36.4 Å². The number of Topliss-reactive ketones (excluding diaryl/α,β-unsaturated/α-hetero) is 1. The lowest BCUT2D eigenvalue weighted by atomic mass is 9.81. The van der Waals surface area contributed by atoms with E-state index in [9.17, 15) is 4.79 Å². The van der Waals surface area contributed by atoms with Crippen molar-refractivity contribution in [2.24, 2.45) is 0 Å². The molecule has 0 amide bonds. The molecule has 0 saturated carbocycles. The minimum Gasteiger partial charge on any atom is -0.496 e. The quantitative estimate of drug-likeness (QED) is 0.745. The molecule has 1 N–H and O–H groups in total. The molecule has 5 nitrogen and oxygen atoms in total. The summed E-state index contributed by atoms with van der Waals surface area (Å²) >= 11 is 0. The SMILES string of the molecule is COc1ccccc1[C@@H]1CC(=O)c2c(C)nc(Nc3ccccc3)nc2C1. The third-order valence-corrected chi connectivity index (χ3v) is 4.92. The third-order valence-electron chi connectivity index (χ3n) is 4.92. The Hall–Kier alpha value is -3.21. The summed E-state index contributed by atoms with van der Waals surface area (Å²) < 4.78 is 5.49. The Bertz CT molecular complexity index is 986. The fourth-order valence-corrected chi connectivity index (χ4v) is 3.70. The van der Waals surface area contributed by atoms with Gasteiger partial charge in [-0.05, 0) is 37.1 Å². The van der Waals surface area contributed by atoms with E-state index in [0.717, 1.165) is 28.4 Å². The Balaban J connectivity index is 1.69. The molecule has 0 saturated heterocycles. The van der Waals surface area contributed by atoms with Gasteiger partial charge in [0.05, 0.1) is 24.1 Å². The van der Waals surface area contributed by atoms with Crippen molar-refractivity contribution in [3.63, 3.8) is 0 Å². The van der Waals surface area contributed by atoms with Crippen LogP contribution in [0.15, 0.2) is 54.6 Å². The Kier molecular flexibility index (Phi) is 4.59. The van der Waals surface area contributed by atoms with Gasteiger partial charge in [-0.3, -0.25) is 4.79 Å². The Morgan fingerprint density at radius 2 is 1.74 bits per heavy atom. The van der Waals surface area contributed by atoms with Crippen LogP contribution in [0, 0.1) is 6.92 Å². The molecule has 1 atom stereocenters. The summed E-state index contributed by atoms with van der Waals surface area (Å²) in [6, 6.07) is 17.7. The molecule has 136 valence electrons. The van der Waals surface area contributed by atoms with Crippen molar-refractivity contribution in [3.8, 4) is 5.75 Å². The number of benzene rings is 2. The van der Waals surface area contributed by atoms with Crippen LogP contribution in [-0.4, -0.2) is 22.9 Å². The lowest BCUT2D eigenvalue weighted by Crippen LogP contribution is -2.23. The monoisotopic (exact) mass is 359 g/mol. The maximum atomic E-state index is 12.8. The van der Waals surface area contributed by atoms with Crippen molar-refractivity contribution in [1.82, 2.24) is 9.97 Å². The molecule has 27 heavy (non-hydrogen) atoms. The minimum absolute atomic E-state index is 0.0556. The van der Waals surface area contributed by atoms with Gasteiger partial charge in [-0.25, -0.2) is 9.97 Å². The fourth-order valence-electron chi connectivity index (χ4n) is 3.70. The van der Waals surface area contributed by atoms with Crippen molar-refractivity contribution >= 4 is 17.4 Å². The topological polar surface area (TPSA) is 64.1 Å². The number of para-hydroxylation sites is 2. The van der Waals surface area contributed by atoms with Crippen molar-refractivity contribution in [2.45, 2.75) is 25.7 Å². The van der Waals surface area contributed by atoms with Gasteiger partial charge in [-0.15, -0.1) is 0 Å². The number of ketones is 1. The molecule has 1 aliphatic rings. The van der Waals surface area contributed by atoms with E-state index >= 15 is 0 Å². The number of aromatic nitrogens is 2. The molecule has 1 aromatic heterocycles. The fraction of sp³-hybridized carbons (Fsp3) is 0.227. The molecule has 0 radical (unpaired) electrons. The number of rotatable bonds is 4. The van der Waals surface area contributed by atoms with Gasteiger partial charge in [0, 0.05) is 18.0 Å². The molecule has 0 fully saturated rings. The van der Waals surface area contributed by atoms with Gasteiger partial charge < -0.3 is 10.1 Å². The van der Waals surface area contributed by atoms with Crippen molar-refractivity contribution in [2.75, 3.05) is 12.4 Å². The predicted octanol–water partition coefficient (Wildman–Crippen LogP) is 4.45. The van der Waals surface area contributed by atoms with E-state index in [1.165, 1.54) is 0 Å². The highest BCUT2D eigenvalue weighted by Gasteiger charge is 2.31. The maximum Gasteiger partial charge on any atom is 0.227 e. The first-order chi connectivity index (χ1) is 13.2. The normalized spacial score (nSPS) is 15.9. The van der Waals surface area contributed by atoms with Crippen LogP contribution in [-0.2, 0) is 6.42 Å². The number of nitrogens with one attached hydrogen (secondary N) is 1. The van der Waals surface area contributed by atoms with Crippen LogP contribution in [0.1, 0.15) is 39.6 Å². The molecule has 0 spiro atoms. The molecule has 1 aliphatic carbocycles. The van der Waals surface area contributed by atoms with E-state index in [1.807, 2.05) is 61.5 Å². The average molecular weight is 359 g/mol. The molecule has 4 rings (SSSR count). The highest BCUT2D eigenvalue weighted by atomic mass is 16.5. The van der Waals surface area contributed by atoms with Gasteiger partial charge in [0.25, 0.3) is 0 Å². The number of hydrogen-bond donors (Lipinski definition) is 1. The summed E-state index contributed by atoms with van der Waals surface area (Å²) in [6.45, 7) is 1.87. The van der Waals surface area contributed by atoms with Crippen LogP contribution < -0.4 is 10.1 Å². The standard InChI is InChI=1S/C22H21N3O2/c1-14-21-18(25-22(23-14)24-16-8-4-3-5-9-16)12-15(13-19(21)26)17-10-6-7-11-20(17)27-2/h3-11,15H,12-13H2,1-2H3,(H,23,24,25)/t15-/m0/s1. The summed E-state index contributed by atoms with van der Waals surface area (Å²) in [5.41, 5.74) is 4.16. The van der Waals surface area contributed by atoms with Gasteiger partial charge in [-0.2, -0.15) is 0 Å². The number of hydrogen-bond acceptors (Lipinski definition) is 5. The maximum absolute atomic E-state index is 12.8. The molecular weight excluding hydrogens is 338 g/mol. The Labute approximate surface area is 158 Å². The van der Waals surface area contributed by atoms with Crippen LogP contribution in [0.2, 0.25) is 0 Å². The van der Waals surface area contributed by atoms with Crippen LogP contribution in [0.4, 0.5) is 11.6 Å². The average Bonchev–Trinajstić information content (AvgIpc) is 2.68. The number of ether oxygens (including phenoxy) is 1. The van der Waals surface area contributed by atoms with E-state index in [1.54, 1.807) is 7.11 Å². The van der Waals surface area contributed by atoms with Gasteiger partial charge >= 0.3 is 0 Å². The molecule has 0 unspecified atom stereocenters. The van der Waals surface area contributed by atoms with Crippen molar-refractivity contribution < 1.29 is 9.53 Å². The zero-order chi connectivity index (χ0) is 18.8. The predicted molar refractivity (Wildman–Crippen MR) is 105 cm³/mol. The molecule has 0 aliphatic heterocycles. The second-order valence-corrected chi connectivity index (χ2v) is 6.72. The van der Waals surface area contributed by atoms with E-state index in [2.05, 4.69) is 15.3 Å². The van der Waals surface area contributed by atoms with Crippen LogP contribution in [0.5, 0.6) is 5.75 Å². The molecular formula is C22H21N3O2. The summed E-state index contributed by atoms with van der Waals surface area (Å²) in [7, 11) is 1.66. The Morgan fingerprint density at radius 3 is 2.52 bits per heavy atom. The lowest BCUT2D eigenvalue weighted by Gasteiger charge is -2.25. The van der Waals surface area contributed by atoms with Crippen molar-refractivity contribution in [3.05, 3.63) is 77.1 Å². The minimum atomic E-state index is 0.0556. The largest absolute Gasteiger partial charge is 0.496 e. The first-order valence-corrected chi connectivity index (χ1v) is 9.01. The second kappa shape index (κ2) is 7.19. The summed E-state index contributed by atoms with van der Waals surface area (Å²) in [6.07, 6.45) is 1.14. The van der Waals surface area contributed by atoms with E-state index in [-0.39, 0.29) is 11.7 Å². The van der Waals surface area contributed by atoms with E-state index in [4.69, 9.17) is 4.74 Å². The molecule has 5 heteroatoms. The van der Waals surface area contributed by atoms with Crippen LogP contribution in [0.3, 0.4) is 0 Å². The zero-order valence-corrected chi connectivity index (χ0v) is 15.4. The Morgan fingerprint density at radius 1 is 1.00 bits per heavy atom. The third kappa shape index (κ3) is 3.40. The highest BCUT2D eigenvalue weighted by molar-refractivity contribution is 5.99. The zero-order valence-electron chi connectivity index (χ0n) is 15.4. The molecule has 1 heterocycles. The van der Waals surface area contributed by atoms with Gasteiger partial charge in [0.15, 0.2) is 5.78 Å². The van der Waals surface area contributed by atoms with E-state index < -0.39 is 0 Å². The number of anilines is 2. The van der Waals surface area contributed by atoms with Crippen molar-refractivity contribution in [1.29, 1.82) is 0 Å². The van der Waals surface area contributed by atoms with Gasteiger partial charge in [0.2, 0.25) is 5.95 Å². The first-order valence-electron chi connectivity index (χ1n) is 9.01. The van der Waals surface area contributed by atoms with Crippen LogP contribution >= 0.6 is 0 Å². The second-order valence-electron chi connectivity index (χ2n) is 6.72. The molecule has 3 aromatic rings. The number of fused-ring (bicyclic) bond motifs is 1. The number of carbonyl (C=O) groups is 1. The number of carbonyl (C=O) groups excluding carboxylic acids is 1. The van der Waals surface area contributed by atoms with Gasteiger partial charge in [0.1, 0.15) is 5.75 Å². The molecule has 0 bridgehead atoms. The summed E-state index contributed by atoms with van der Waals surface area (Å²) in [5.74, 6) is 1.48. The highest BCUT2D eigenvalue weighted by Crippen LogP contribution is 2.37. The van der Waals surface area contributed by atoms with E-state index in [0.29, 0.717) is 24.4 Å². The first kappa shape index (κ1) is 17.2. The number of nitrogens with zero attached hydrogens (tertiary/aromatic N) is 2.